The van der Waals surface area contributed by atoms with Gasteiger partial charge in [-0.05, 0) is 30.7 Å². The monoisotopic (exact) mass is 318 g/mol. The summed E-state index contributed by atoms with van der Waals surface area (Å²) in [5.41, 5.74) is 4.46. The fourth-order valence-corrected chi connectivity index (χ4v) is 2.33. The van der Waals surface area contributed by atoms with E-state index in [-0.39, 0.29) is 6.03 Å². The number of anilines is 1. The number of rotatable bonds is 4. The van der Waals surface area contributed by atoms with E-state index in [1.54, 1.807) is 0 Å². The fraction of sp³-hybridized carbons (Fsp3) is 0.105. The van der Waals surface area contributed by atoms with E-state index in [2.05, 4.69) is 20.6 Å². The highest BCUT2D eigenvalue weighted by atomic mass is 16.2. The minimum absolute atomic E-state index is 0.263. The molecule has 0 unspecified atom stereocenters. The van der Waals surface area contributed by atoms with Crippen LogP contribution >= 0.6 is 0 Å². The lowest BCUT2D eigenvalue weighted by Gasteiger charge is -2.08. The number of nitrogens with zero attached hydrogens (tertiary/aromatic N) is 2. The molecule has 2 amide bonds. The zero-order valence-corrected chi connectivity index (χ0v) is 13.4. The molecule has 24 heavy (non-hydrogen) atoms. The lowest BCUT2D eigenvalue weighted by Crippen LogP contribution is -2.28. The Bertz CT molecular complexity index is 834. The maximum atomic E-state index is 12.0. The highest BCUT2D eigenvalue weighted by molar-refractivity contribution is 5.89. The molecular formula is C19H18N4O. The highest BCUT2D eigenvalue weighted by Gasteiger charge is 2.05. The standard InChI is InChI=1S/C19H18N4O/c1-14-6-5-9-16(10-14)23-19(24)20-12-17-11-18(22-13-21-17)15-7-3-2-4-8-15/h2-11,13H,12H2,1H3,(H2,20,23,24). The van der Waals surface area contributed by atoms with Crippen LogP contribution in [0.3, 0.4) is 0 Å². The molecule has 3 aromatic rings. The first-order valence-electron chi connectivity index (χ1n) is 7.68. The summed E-state index contributed by atoms with van der Waals surface area (Å²) in [4.78, 5) is 20.5. The topological polar surface area (TPSA) is 66.9 Å². The van der Waals surface area contributed by atoms with E-state index in [4.69, 9.17) is 0 Å². The molecule has 0 aliphatic heterocycles. The van der Waals surface area contributed by atoms with Crippen molar-refractivity contribution in [2.75, 3.05) is 5.32 Å². The number of urea groups is 1. The smallest absolute Gasteiger partial charge is 0.319 e. The molecule has 0 atom stereocenters. The highest BCUT2D eigenvalue weighted by Crippen LogP contribution is 2.16. The summed E-state index contributed by atoms with van der Waals surface area (Å²) in [7, 11) is 0. The van der Waals surface area contributed by atoms with Crippen LogP contribution in [-0.2, 0) is 6.54 Å². The van der Waals surface area contributed by atoms with Gasteiger partial charge in [0.05, 0.1) is 17.9 Å². The van der Waals surface area contributed by atoms with Crippen LogP contribution in [0, 0.1) is 6.92 Å². The van der Waals surface area contributed by atoms with Crippen molar-refractivity contribution in [2.45, 2.75) is 13.5 Å². The quantitative estimate of drug-likeness (QED) is 0.769. The molecule has 0 bridgehead atoms. The molecule has 120 valence electrons. The Morgan fingerprint density at radius 2 is 1.83 bits per heavy atom. The van der Waals surface area contributed by atoms with Crippen LogP contribution < -0.4 is 10.6 Å². The number of nitrogens with one attached hydrogen (secondary N) is 2. The molecule has 1 aromatic heterocycles. The largest absolute Gasteiger partial charge is 0.332 e. The second-order valence-corrected chi connectivity index (χ2v) is 5.44. The average molecular weight is 318 g/mol. The van der Waals surface area contributed by atoms with E-state index < -0.39 is 0 Å². The van der Waals surface area contributed by atoms with Gasteiger partial charge in [-0.1, -0.05) is 42.5 Å². The van der Waals surface area contributed by atoms with E-state index >= 15 is 0 Å². The number of carbonyl (C=O) groups is 1. The summed E-state index contributed by atoms with van der Waals surface area (Å²) >= 11 is 0. The number of carbonyl (C=O) groups excluding carboxylic acids is 1. The molecule has 0 spiro atoms. The average Bonchev–Trinajstić information content (AvgIpc) is 2.61. The van der Waals surface area contributed by atoms with Gasteiger partial charge in [-0.15, -0.1) is 0 Å². The number of amides is 2. The van der Waals surface area contributed by atoms with Gasteiger partial charge in [0.2, 0.25) is 0 Å². The molecule has 0 saturated heterocycles. The van der Waals surface area contributed by atoms with E-state index in [1.807, 2.05) is 67.6 Å². The number of aromatic nitrogens is 2. The van der Waals surface area contributed by atoms with E-state index in [1.165, 1.54) is 6.33 Å². The van der Waals surface area contributed by atoms with Crippen molar-refractivity contribution in [1.82, 2.24) is 15.3 Å². The van der Waals surface area contributed by atoms with Crippen molar-refractivity contribution in [3.8, 4) is 11.3 Å². The zero-order valence-electron chi connectivity index (χ0n) is 13.4. The number of hydrogen-bond acceptors (Lipinski definition) is 3. The third-order valence-corrected chi connectivity index (χ3v) is 3.50. The van der Waals surface area contributed by atoms with E-state index in [0.29, 0.717) is 6.54 Å². The minimum atomic E-state index is -0.263. The Morgan fingerprint density at radius 3 is 2.62 bits per heavy atom. The summed E-state index contributed by atoms with van der Waals surface area (Å²) in [6.45, 7) is 2.31. The molecule has 5 heteroatoms. The summed E-state index contributed by atoms with van der Waals surface area (Å²) in [5.74, 6) is 0. The predicted molar refractivity (Wildman–Crippen MR) is 94.5 cm³/mol. The predicted octanol–water partition coefficient (Wildman–Crippen LogP) is 3.77. The van der Waals surface area contributed by atoms with E-state index in [0.717, 1.165) is 28.2 Å². The van der Waals surface area contributed by atoms with Crippen LogP contribution in [0.25, 0.3) is 11.3 Å². The second kappa shape index (κ2) is 7.37. The third kappa shape index (κ3) is 4.16. The Kier molecular flexibility index (Phi) is 4.81. The van der Waals surface area contributed by atoms with Gasteiger partial charge in [-0.2, -0.15) is 0 Å². The van der Waals surface area contributed by atoms with Gasteiger partial charge < -0.3 is 10.6 Å². The van der Waals surface area contributed by atoms with E-state index in [9.17, 15) is 4.79 Å². The Labute approximate surface area is 140 Å². The van der Waals surface area contributed by atoms with Gasteiger partial charge in [-0.25, -0.2) is 14.8 Å². The summed E-state index contributed by atoms with van der Waals surface area (Å²) in [6.07, 6.45) is 1.51. The van der Waals surface area contributed by atoms with Gasteiger partial charge in [0.1, 0.15) is 6.33 Å². The van der Waals surface area contributed by atoms with Crippen LogP contribution in [0.15, 0.2) is 67.0 Å². The molecule has 0 radical (unpaired) electrons. The van der Waals surface area contributed by atoms with Crippen molar-refractivity contribution in [2.24, 2.45) is 0 Å². The molecule has 0 fully saturated rings. The van der Waals surface area contributed by atoms with Crippen LogP contribution in [0.1, 0.15) is 11.3 Å². The normalized spacial score (nSPS) is 10.2. The Morgan fingerprint density at radius 1 is 1.00 bits per heavy atom. The molecule has 3 rings (SSSR count). The van der Waals surface area contributed by atoms with Gasteiger partial charge >= 0.3 is 6.03 Å². The van der Waals surface area contributed by atoms with Crippen LogP contribution in [0.2, 0.25) is 0 Å². The van der Waals surface area contributed by atoms with Crippen molar-refractivity contribution >= 4 is 11.7 Å². The SMILES string of the molecule is Cc1cccc(NC(=O)NCc2cc(-c3ccccc3)ncn2)c1. The maximum absolute atomic E-state index is 12.0. The van der Waals surface area contributed by atoms with Crippen molar-refractivity contribution in [3.05, 3.63) is 78.2 Å². The molecular weight excluding hydrogens is 300 g/mol. The lowest BCUT2D eigenvalue weighted by molar-refractivity contribution is 0.251. The van der Waals surface area contributed by atoms with Crippen molar-refractivity contribution in [1.29, 1.82) is 0 Å². The molecule has 0 aliphatic rings. The summed E-state index contributed by atoms with van der Waals surface area (Å²) < 4.78 is 0. The first kappa shape index (κ1) is 15.7. The minimum Gasteiger partial charge on any atom is -0.332 e. The fourth-order valence-electron chi connectivity index (χ4n) is 2.33. The van der Waals surface area contributed by atoms with Crippen molar-refractivity contribution < 1.29 is 4.79 Å². The van der Waals surface area contributed by atoms with Gasteiger partial charge in [0, 0.05) is 11.3 Å². The molecule has 0 aliphatic carbocycles. The van der Waals surface area contributed by atoms with Crippen LogP contribution in [0.4, 0.5) is 10.5 Å². The Balaban J connectivity index is 1.61. The van der Waals surface area contributed by atoms with Gasteiger partial charge in [-0.3, -0.25) is 0 Å². The maximum Gasteiger partial charge on any atom is 0.319 e. The molecule has 1 heterocycles. The Hall–Kier alpha value is -3.21. The first-order valence-corrected chi connectivity index (χ1v) is 7.68. The van der Waals surface area contributed by atoms with Gasteiger partial charge in [0.25, 0.3) is 0 Å². The van der Waals surface area contributed by atoms with Crippen molar-refractivity contribution in [3.63, 3.8) is 0 Å². The molecule has 2 aromatic carbocycles. The number of hydrogen-bond donors (Lipinski definition) is 2. The summed E-state index contributed by atoms with van der Waals surface area (Å²) in [6, 6.07) is 19.1. The molecule has 0 saturated carbocycles. The first-order chi connectivity index (χ1) is 11.7. The number of benzene rings is 2. The molecule has 5 nitrogen and oxygen atoms in total. The van der Waals surface area contributed by atoms with Gasteiger partial charge in [0.15, 0.2) is 0 Å². The second-order valence-electron chi connectivity index (χ2n) is 5.44. The lowest BCUT2D eigenvalue weighted by atomic mass is 10.1. The number of aryl methyl sites for hydroxylation is 1. The molecule has 2 N–H and O–H groups in total. The zero-order chi connectivity index (χ0) is 16.8. The third-order valence-electron chi connectivity index (χ3n) is 3.50. The summed E-state index contributed by atoms with van der Waals surface area (Å²) in [5, 5.41) is 5.61. The van der Waals surface area contributed by atoms with Crippen LogP contribution in [0.5, 0.6) is 0 Å². The van der Waals surface area contributed by atoms with Crippen LogP contribution in [-0.4, -0.2) is 16.0 Å².